The lowest BCUT2D eigenvalue weighted by Gasteiger charge is -2.08. The first-order chi connectivity index (χ1) is 15.8. The fraction of sp³-hybridized carbons (Fsp3) is 0.167. The molecule has 0 unspecified atom stereocenters. The number of aryl methyl sites for hydroxylation is 1. The van der Waals surface area contributed by atoms with Crippen molar-refractivity contribution in [1.29, 1.82) is 0 Å². The number of aromatic nitrogens is 8. The van der Waals surface area contributed by atoms with Crippen LogP contribution in [0, 0.1) is 0 Å². The molecule has 1 N–H and O–H groups in total. The number of benzene rings is 2. The molecule has 0 bridgehead atoms. The molecule has 0 spiro atoms. The zero-order valence-electron chi connectivity index (χ0n) is 17.7. The number of nitrogens with one attached hydrogen (secondary N) is 1. The average molecular weight is 422 g/mol. The largest absolute Gasteiger partial charge is 0.264 e. The van der Waals surface area contributed by atoms with Crippen LogP contribution in [0.2, 0.25) is 0 Å². The van der Waals surface area contributed by atoms with E-state index in [1.165, 1.54) is 5.56 Å². The highest BCUT2D eigenvalue weighted by molar-refractivity contribution is 5.79. The van der Waals surface area contributed by atoms with Gasteiger partial charge in [-0.2, -0.15) is 5.10 Å². The van der Waals surface area contributed by atoms with Crippen molar-refractivity contribution in [2.75, 3.05) is 0 Å². The molecule has 0 radical (unpaired) electrons. The minimum Gasteiger partial charge on any atom is -0.264 e. The van der Waals surface area contributed by atoms with Crippen molar-refractivity contribution in [1.82, 2.24) is 40.4 Å². The van der Waals surface area contributed by atoms with Gasteiger partial charge < -0.3 is 0 Å². The van der Waals surface area contributed by atoms with Gasteiger partial charge in [-0.05, 0) is 39.6 Å². The number of hydrogen-bond donors (Lipinski definition) is 1. The third kappa shape index (κ3) is 4.02. The van der Waals surface area contributed by atoms with E-state index >= 15 is 0 Å². The van der Waals surface area contributed by atoms with Gasteiger partial charge in [-0.1, -0.05) is 61.5 Å². The number of rotatable bonds is 7. The van der Waals surface area contributed by atoms with E-state index in [-0.39, 0.29) is 0 Å². The Morgan fingerprint density at radius 2 is 1.75 bits per heavy atom. The van der Waals surface area contributed by atoms with Gasteiger partial charge >= 0.3 is 0 Å². The molecule has 0 fully saturated rings. The lowest BCUT2D eigenvalue weighted by molar-refractivity contribution is 0.577. The third-order valence-corrected chi connectivity index (χ3v) is 5.26. The van der Waals surface area contributed by atoms with Crippen LogP contribution in [-0.4, -0.2) is 40.4 Å². The van der Waals surface area contributed by atoms with Gasteiger partial charge in [0.2, 0.25) is 0 Å². The molecule has 5 rings (SSSR count). The van der Waals surface area contributed by atoms with Crippen molar-refractivity contribution in [3.63, 3.8) is 0 Å². The van der Waals surface area contributed by atoms with E-state index in [0.29, 0.717) is 5.82 Å². The summed E-state index contributed by atoms with van der Waals surface area (Å²) in [6.45, 7) is 3.00. The van der Waals surface area contributed by atoms with Crippen LogP contribution in [0.3, 0.4) is 0 Å². The maximum absolute atomic E-state index is 4.84. The second kappa shape index (κ2) is 8.89. The van der Waals surface area contributed by atoms with Crippen LogP contribution in [0.5, 0.6) is 0 Å². The van der Waals surface area contributed by atoms with Gasteiger partial charge in [0.05, 0.1) is 0 Å². The average Bonchev–Trinajstić information content (AvgIpc) is 3.51. The Balaban J connectivity index is 1.42. The maximum atomic E-state index is 4.84. The van der Waals surface area contributed by atoms with E-state index < -0.39 is 0 Å². The van der Waals surface area contributed by atoms with Crippen LogP contribution in [0.1, 0.15) is 24.7 Å². The van der Waals surface area contributed by atoms with E-state index in [0.717, 1.165) is 53.3 Å². The minimum atomic E-state index is 0.596. The van der Waals surface area contributed by atoms with Gasteiger partial charge in [-0.25, -0.2) is 14.8 Å². The number of H-pyrrole nitrogens is 1. The molecule has 8 nitrogen and oxygen atoms in total. The standard InChI is InChI=1S/C24H22N8/c1-2-14-32-22(26-23(29-32)19-6-4-3-5-7-19)15-17-8-10-18(11-9-17)20-12-13-25-16-21(20)24-27-30-31-28-24/h3-13,16H,2,14-15H2,1H3,(H,27,28,30,31). The summed E-state index contributed by atoms with van der Waals surface area (Å²) in [7, 11) is 0. The Labute approximate surface area is 185 Å². The van der Waals surface area contributed by atoms with Gasteiger partial charge in [0.25, 0.3) is 0 Å². The fourth-order valence-corrected chi connectivity index (χ4v) is 3.70. The number of aromatic amines is 1. The molecule has 0 aliphatic rings. The molecule has 8 heteroatoms. The molecule has 0 aliphatic heterocycles. The molecule has 0 amide bonds. The van der Waals surface area contributed by atoms with Crippen LogP contribution in [0.4, 0.5) is 0 Å². The quantitative estimate of drug-likeness (QED) is 0.422. The number of hydrogen-bond acceptors (Lipinski definition) is 6. The first-order valence-corrected chi connectivity index (χ1v) is 10.6. The molecule has 0 saturated carbocycles. The van der Waals surface area contributed by atoms with Gasteiger partial charge in [-0.3, -0.25) is 4.98 Å². The maximum Gasteiger partial charge on any atom is 0.181 e. The second-order valence-corrected chi connectivity index (χ2v) is 7.49. The normalized spacial score (nSPS) is 11.0. The summed E-state index contributed by atoms with van der Waals surface area (Å²) in [5.41, 5.74) is 5.16. The van der Waals surface area contributed by atoms with Crippen LogP contribution < -0.4 is 0 Å². The molecule has 158 valence electrons. The van der Waals surface area contributed by atoms with Crippen molar-refractivity contribution < 1.29 is 0 Å². The van der Waals surface area contributed by atoms with Crippen LogP contribution in [0.15, 0.2) is 73.1 Å². The van der Waals surface area contributed by atoms with Gasteiger partial charge in [-0.15, -0.1) is 5.10 Å². The Morgan fingerprint density at radius 3 is 2.50 bits per heavy atom. The van der Waals surface area contributed by atoms with Crippen LogP contribution in [-0.2, 0) is 13.0 Å². The second-order valence-electron chi connectivity index (χ2n) is 7.49. The molecule has 3 heterocycles. The summed E-state index contributed by atoms with van der Waals surface area (Å²) in [6.07, 6.45) is 5.26. The van der Waals surface area contributed by atoms with Crippen molar-refractivity contribution in [2.45, 2.75) is 26.3 Å². The first-order valence-electron chi connectivity index (χ1n) is 10.6. The number of tetrazole rings is 1. The Morgan fingerprint density at radius 1 is 0.906 bits per heavy atom. The summed E-state index contributed by atoms with van der Waals surface area (Å²) in [6, 6.07) is 20.6. The Bertz CT molecular complexity index is 1290. The summed E-state index contributed by atoms with van der Waals surface area (Å²) in [4.78, 5) is 9.06. The highest BCUT2D eigenvalue weighted by atomic mass is 15.5. The van der Waals surface area contributed by atoms with Gasteiger partial charge in [0.1, 0.15) is 5.82 Å². The molecule has 3 aromatic heterocycles. The smallest absolute Gasteiger partial charge is 0.181 e. The Kier molecular flexibility index (Phi) is 5.48. The first kappa shape index (κ1) is 19.7. The minimum absolute atomic E-state index is 0.596. The molecule has 0 atom stereocenters. The molecular formula is C24H22N8. The molecule has 32 heavy (non-hydrogen) atoms. The molecule has 5 aromatic rings. The monoisotopic (exact) mass is 422 g/mol. The predicted molar refractivity (Wildman–Crippen MR) is 121 cm³/mol. The van der Waals surface area contributed by atoms with Gasteiger partial charge in [0.15, 0.2) is 11.6 Å². The van der Waals surface area contributed by atoms with E-state index in [2.05, 4.69) is 56.8 Å². The van der Waals surface area contributed by atoms with Crippen molar-refractivity contribution in [3.8, 4) is 33.9 Å². The molecular weight excluding hydrogens is 400 g/mol. The van der Waals surface area contributed by atoms with E-state index in [1.54, 1.807) is 12.4 Å². The Hall–Kier alpha value is -4.20. The zero-order valence-corrected chi connectivity index (χ0v) is 17.7. The lowest BCUT2D eigenvalue weighted by Crippen LogP contribution is -2.06. The SMILES string of the molecule is CCCn1nc(-c2ccccc2)nc1Cc1ccc(-c2ccncc2-c2nnn[nH]2)cc1. The highest BCUT2D eigenvalue weighted by Gasteiger charge is 2.13. The number of pyridine rings is 1. The summed E-state index contributed by atoms with van der Waals surface area (Å²) in [5.74, 6) is 2.34. The summed E-state index contributed by atoms with van der Waals surface area (Å²) < 4.78 is 2.02. The van der Waals surface area contributed by atoms with E-state index in [4.69, 9.17) is 10.1 Å². The van der Waals surface area contributed by atoms with Gasteiger partial charge in [0, 0.05) is 36.5 Å². The molecule has 0 aliphatic carbocycles. The zero-order chi connectivity index (χ0) is 21.8. The third-order valence-electron chi connectivity index (χ3n) is 5.26. The summed E-state index contributed by atoms with van der Waals surface area (Å²) >= 11 is 0. The lowest BCUT2D eigenvalue weighted by atomic mass is 9.99. The predicted octanol–water partition coefficient (Wildman–Crippen LogP) is 4.19. The van der Waals surface area contributed by atoms with E-state index in [9.17, 15) is 0 Å². The van der Waals surface area contributed by atoms with Crippen molar-refractivity contribution >= 4 is 0 Å². The highest BCUT2D eigenvalue weighted by Crippen LogP contribution is 2.29. The van der Waals surface area contributed by atoms with Crippen LogP contribution in [0.25, 0.3) is 33.9 Å². The summed E-state index contributed by atoms with van der Waals surface area (Å²) in [5, 5.41) is 18.9. The number of nitrogens with zero attached hydrogens (tertiary/aromatic N) is 7. The fourth-order valence-electron chi connectivity index (χ4n) is 3.70. The molecule has 0 saturated heterocycles. The van der Waals surface area contributed by atoms with Crippen LogP contribution >= 0.6 is 0 Å². The van der Waals surface area contributed by atoms with E-state index in [1.807, 2.05) is 41.1 Å². The van der Waals surface area contributed by atoms with Crippen molar-refractivity contribution in [2.24, 2.45) is 0 Å². The molecule has 2 aromatic carbocycles. The van der Waals surface area contributed by atoms with Crippen molar-refractivity contribution in [3.05, 3.63) is 84.4 Å². The topological polar surface area (TPSA) is 98.1 Å².